The normalized spacial score (nSPS) is 11.2. The lowest BCUT2D eigenvalue weighted by atomic mass is 10.3. The van der Waals surface area contributed by atoms with Crippen LogP contribution < -0.4 is 8.91 Å². The highest BCUT2D eigenvalue weighted by atomic mass is 32.2. The van der Waals surface area contributed by atoms with E-state index in [9.17, 15) is 13.2 Å². The predicted octanol–water partition coefficient (Wildman–Crippen LogP) is 2.34. The van der Waals surface area contributed by atoms with Crippen LogP contribution in [0, 0.1) is 0 Å². The topological polar surface area (TPSA) is 90.3 Å². The van der Waals surface area contributed by atoms with Gasteiger partial charge in [0.2, 0.25) is 0 Å². The third-order valence-electron chi connectivity index (χ3n) is 3.33. The number of para-hydroxylation sites is 3. The van der Waals surface area contributed by atoms with E-state index in [0.29, 0.717) is 16.7 Å². The first-order chi connectivity index (χ1) is 11.9. The molecule has 1 N–H and O–H groups in total. The van der Waals surface area contributed by atoms with Gasteiger partial charge in [0.1, 0.15) is 0 Å². The lowest BCUT2D eigenvalue weighted by Crippen LogP contribution is -2.34. The number of hydrogen-bond donors (Lipinski definition) is 1. The Morgan fingerprint density at radius 1 is 1.12 bits per heavy atom. The van der Waals surface area contributed by atoms with Gasteiger partial charge in [-0.25, -0.2) is 4.72 Å². The number of benzene rings is 2. The maximum Gasteiger partial charge on any atom is 0.412 e. The zero-order valence-electron chi connectivity index (χ0n) is 13.3. The largest absolute Gasteiger partial charge is 0.412 e. The zero-order valence-corrected chi connectivity index (χ0v) is 14.2. The summed E-state index contributed by atoms with van der Waals surface area (Å²) in [5.74, 6) is -0.845. The van der Waals surface area contributed by atoms with Crippen LogP contribution in [0.4, 0.5) is 0 Å². The van der Waals surface area contributed by atoms with Crippen LogP contribution in [0.5, 0.6) is 6.01 Å². The van der Waals surface area contributed by atoms with E-state index in [1.165, 1.54) is 6.92 Å². The number of nitrogens with zero attached hydrogens (tertiary/aromatic N) is 2. The van der Waals surface area contributed by atoms with Gasteiger partial charge in [0.05, 0.1) is 16.7 Å². The second-order valence-corrected chi connectivity index (χ2v) is 6.58. The molecule has 1 amide bonds. The second-order valence-electron chi connectivity index (χ2n) is 5.30. The fraction of sp³-hybridized carbons (Fsp3) is 0.0588. The van der Waals surface area contributed by atoms with Gasteiger partial charge in [-0.2, -0.15) is 13.4 Å². The Morgan fingerprint density at radius 3 is 2.44 bits per heavy atom. The van der Waals surface area contributed by atoms with Crippen molar-refractivity contribution < 1.29 is 17.4 Å². The van der Waals surface area contributed by atoms with E-state index in [0.717, 1.165) is 0 Å². The molecule has 0 aliphatic carbocycles. The summed E-state index contributed by atoms with van der Waals surface area (Å²) in [6, 6.07) is 16.0. The molecule has 3 rings (SSSR count). The van der Waals surface area contributed by atoms with Crippen LogP contribution in [0.1, 0.15) is 6.92 Å². The van der Waals surface area contributed by atoms with Crippen molar-refractivity contribution in [2.24, 2.45) is 0 Å². The van der Waals surface area contributed by atoms with Crippen molar-refractivity contribution in [2.45, 2.75) is 6.92 Å². The van der Waals surface area contributed by atoms with Gasteiger partial charge >= 0.3 is 16.3 Å². The van der Waals surface area contributed by atoms with Gasteiger partial charge in [0.15, 0.2) is 0 Å². The number of hydrogen-bond acceptors (Lipinski definition) is 5. The Morgan fingerprint density at radius 2 is 1.76 bits per heavy atom. The highest BCUT2D eigenvalue weighted by molar-refractivity contribution is 7.85. The van der Waals surface area contributed by atoms with Gasteiger partial charge in [-0.1, -0.05) is 36.9 Å². The Hall–Kier alpha value is -3.13. The van der Waals surface area contributed by atoms with Crippen molar-refractivity contribution in [3.05, 3.63) is 66.7 Å². The molecule has 3 aromatic rings. The molecule has 0 atom stereocenters. The molecule has 8 heteroatoms. The molecular formula is C17H15N3O4S. The minimum atomic E-state index is -4.40. The van der Waals surface area contributed by atoms with E-state index >= 15 is 0 Å². The van der Waals surface area contributed by atoms with Gasteiger partial charge in [0.25, 0.3) is 5.91 Å². The van der Waals surface area contributed by atoms with Crippen LogP contribution >= 0.6 is 0 Å². The molecular weight excluding hydrogens is 342 g/mol. The van der Waals surface area contributed by atoms with Gasteiger partial charge in [-0.05, 0) is 31.2 Å². The van der Waals surface area contributed by atoms with Crippen molar-refractivity contribution in [3.8, 4) is 11.7 Å². The maximum atomic E-state index is 12.1. The van der Waals surface area contributed by atoms with E-state index in [1.54, 1.807) is 39.6 Å². The van der Waals surface area contributed by atoms with E-state index in [2.05, 4.69) is 11.6 Å². The summed E-state index contributed by atoms with van der Waals surface area (Å²) in [6.45, 7) is 4.79. The second kappa shape index (κ2) is 6.40. The molecule has 2 aromatic carbocycles. The minimum absolute atomic E-state index is 0.0451. The molecule has 1 heterocycles. The van der Waals surface area contributed by atoms with Crippen molar-refractivity contribution in [2.75, 3.05) is 0 Å². The summed E-state index contributed by atoms with van der Waals surface area (Å²) in [6.07, 6.45) is 0. The standard InChI is InChI=1S/C17H15N3O4S/c1-12(2)16(21)19-25(22,23)24-17-18-14-10-6-7-11-15(14)20(17)13-8-4-3-5-9-13/h3-11H,1H2,2H3,(H,19,21). The molecule has 0 saturated carbocycles. The summed E-state index contributed by atoms with van der Waals surface area (Å²) in [5.41, 5.74) is 1.95. The Kier molecular flexibility index (Phi) is 4.28. The molecule has 7 nitrogen and oxygen atoms in total. The van der Waals surface area contributed by atoms with Crippen LogP contribution in [0.2, 0.25) is 0 Å². The van der Waals surface area contributed by atoms with Crippen LogP contribution in [0.15, 0.2) is 66.7 Å². The molecule has 0 fully saturated rings. The van der Waals surface area contributed by atoms with Crippen molar-refractivity contribution >= 4 is 27.2 Å². The fourth-order valence-electron chi connectivity index (χ4n) is 2.21. The van der Waals surface area contributed by atoms with Crippen LogP contribution in [-0.4, -0.2) is 23.9 Å². The highest BCUT2D eigenvalue weighted by Crippen LogP contribution is 2.26. The molecule has 25 heavy (non-hydrogen) atoms. The molecule has 0 unspecified atom stereocenters. The van der Waals surface area contributed by atoms with E-state index in [1.807, 2.05) is 24.3 Å². The first-order valence-corrected chi connectivity index (χ1v) is 8.73. The SMILES string of the molecule is C=C(C)C(=O)NS(=O)(=O)Oc1nc2ccccc2n1-c1ccccc1. The average Bonchev–Trinajstić information content (AvgIpc) is 2.91. The Labute approximate surface area is 144 Å². The minimum Gasteiger partial charge on any atom is -0.329 e. The number of carbonyl (C=O) groups excluding carboxylic acids is 1. The molecule has 0 saturated heterocycles. The first kappa shape index (κ1) is 16.7. The average molecular weight is 357 g/mol. The lowest BCUT2D eigenvalue weighted by molar-refractivity contribution is -0.115. The summed E-state index contributed by atoms with van der Waals surface area (Å²) < 4.78 is 32.6. The number of fused-ring (bicyclic) bond motifs is 1. The maximum absolute atomic E-state index is 12.1. The number of imidazole rings is 1. The molecule has 0 aliphatic rings. The highest BCUT2D eigenvalue weighted by Gasteiger charge is 2.22. The number of amides is 1. The van der Waals surface area contributed by atoms with Crippen molar-refractivity contribution in [1.29, 1.82) is 0 Å². The Bertz CT molecular complexity index is 1060. The van der Waals surface area contributed by atoms with Gasteiger partial charge < -0.3 is 4.18 Å². The molecule has 0 spiro atoms. The first-order valence-electron chi connectivity index (χ1n) is 7.32. The number of carbonyl (C=O) groups is 1. The van der Waals surface area contributed by atoms with E-state index in [-0.39, 0.29) is 11.6 Å². The molecule has 1 aromatic heterocycles. The zero-order chi connectivity index (χ0) is 18.0. The van der Waals surface area contributed by atoms with Crippen LogP contribution in [-0.2, 0) is 15.1 Å². The quantitative estimate of drug-likeness (QED) is 0.708. The summed E-state index contributed by atoms with van der Waals surface area (Å²) in [4.78, 5) is 15.8. The molecule has 128 valence electrons. The third kappa shape index (κ3) is 3.53. The number of rotatable bonds is 5. The number of nitrogens with one attached hydrogen (secondary N) is 1. The number of aromatic nitrogens is 2. The van der Waals surface area contributed by atoms with Crippen molar-refractivity contribution in [1.82, 2.24) is 14.3 Å². The lowest BCUT2D eigenvalue weighted by Gasteiger charge is -2.10. The third-order valence-corrected chi connectivity index (χ3v) is 4.14. The van der Waals surface area contributed by atoms with Crippen molar-refractivity contribution in [3.63, 3.8) is 0 Å². The summed E-state index contributed by atoms with van der Waals surface area (Å²) in [5, 5.41) is 0. The van der Waals surface area contributed by atoms with E-state index in [4.69, 9.17) is 4.18 Å². The fourth-order valence-corrected chi connectivity index (χ4v) is 2.96. The van der Waals surface area contributed by atoms with E-state index < -0.39 is 16.2 Å². The summed E-state index contributed by atoms with van der Waals surface area (Å²) in [7, 11) is -4.40. The molecule has 0 aliphatic heterocycles. The van der Waals surface area contributed by atoms with Crippen LogP contribution in [0.3, 0.4) is 0 Å². The van der Waals surface area contributed by atoms with Gasteiger partial charge in [0, 0.05) is 5.57 Å². The smallest absolute Gasteiger partial charge is 0.329 e. The van der Waals surface area contributed by atoms with Gasteiger partial charge in [-0.15, -0.1) is 0 Å². The van der Waals surface area contributed by atoms with Crippen LogP contribution in [0.25, 0.3) is 16.7 Å². The predicted molar refractivity (Wildman–Crippen MR) is 93.6 cm³/mol. The Balaban J connectivity index is 2.08. The monoisotopic (exact) mass is 357 g/mol. The molecule has 0 bridgehead atoms. The molecule has 0 radical (unpaired) electrons. The summed E-state index contributed by atoms with van der Waals surface area (Å²) >= 11 is 0. The van der Waals surface area contributed by atoms with Gasteiger partial charge in [-0.3, -0.25) is 9.36 Å².